The number of anilines is 1. The van der Waals surface area contributed by atoms with Gasteiger partial charge in [-0.05, 0) is 19.8 Å². The number of hydrogen-bond donors (Lipinski definition) is 1. The van der Waals surface area contributed by atoms with Crippen LogP contribution in [-0.2, 0) is 0 Å². The van der Waals surface area contributed by atoms with E-state index in [2.05, 4.69) is 15.1 Å². The minimum absolute atomic E-state index is 0.177. The van der Waals surface area contributed by atoms with Gasteiger partial charge in [-0.15, -0.1) is 5.10 Å². The Labute approximate surface area is 76.9 Å². The van der Waals surface area contributed by atoms with Crippen LogP contribution in [0, 0.1) is 0 Å². The van der Waals surface area contributed by atoms with Crippen molar-refractivity contribution in [1.82, 2.24) is 10.2 Å². The molecule has 2 heterocycles. The summed E-state index contributed by atoms with van der Waals surface area (Å²) in [7, 11) is 0. The van der Waals surface area contributed by atoms with Crippen LogP contribution in [0.4, 0.5) is 6.01 Å². The summed E-state index contributed by atoms with van der Waals surface area (Å²) in [5, 5.41) is 7.83. The van der Waals surface area contributed by atoms with Crippen LogP contribution in [0.1, 0.15) is 31.7 Å². The van der Waals surface area contributed by atoms with Gasteiger partial charge in [-0.3, -0.25) is 0 Å². The van der Waals surface area contributed by atoms with E-state index in [1.807, 2.05) is 6.92 Å². The van der Waals surface area contributed by atoms with Gasteiger partial charge in [-0.2, -0.15) is 0 Å². The Morgan fingerprint density at radius 1 is 1.38 bits per heavy atom. The first-order valence-corrected chi connectivity index (χ1v) is 4.61. The second-order valence-electron chi connectivity index (χ2n) is 3.41. The Kier molecular flexibility index (Phi) is 2.18. The normalized spacial score (nSPS) is 19.4. The molecule has 5 heteroatoms. The highest BCUT2D eigenvalue weighted by Gasteiger charge is 2.19. The molecule has 1 fully saturated rings. The molecule has 2 rings (SSSR count). The van der Waals surface area contributed by atoms with Crippen molar-refractivity contribution in [3.8, 4) is 0 Å². The van der Waals surface area contributed by atoms with Crippen molar-refractivity contribution < 1.29 is 4.42 Å². The fourth-order valence-electron chi connectivity index (χ4n) is 1.45. The Balaban J connectivity index is 2.12. The molecule has 1 aliphatic heterocycles. The van der Waals surface area contributed by atoms with Crippen LogP contribution in [0.2, 0.25) is 0 Å². The average Bonchev–Trinajstić information content (AvgIpc) is 2.75. The molecule has 0 spiro atoms. The fourth-order valence-corrected chi connectivity index (χ4v) is 1.45. The summed E-state index contributed by atoms with van der Waals surface area (Å²) in [6.07, 6.45) is 2.41. The molecule has 1 saturated heterocycles. The quantitative estimate of drug-likeness (QED) is 0.728. The monoisotopic (exact) mass is 182 g/mol. The van der Waals surface area contributed by atoms with Crippen LogP contribution in [0.5, 0.6) is 0 Å². The van der Waals surface area contributed by atoms with Crippen molar-refractivity contribution in [2.24, 2.45) is 5.73 Å². The number of rotatable bonds is 2. The first-order chi connectivity index (χ1) is 6.27. The predicted octanol–water partition coefficient (Wildman–Crippen LogP) is 0.690. The second-order valence-corrected chi connectivity index (χ2v) is 3.41. The summed E-state index contributed by atoms with van der Waals surface area (Å²) in [4.78, 5) is 2.10. The van der Waals surface area contributed by atoms with Gasteiger partial charge in [0.25, 0.3) is 0 Å². The molecule has 1 unspecified atom stereocenters. The van der Waals surface area contributed by atoms with E-state index in [-0.39, 0.29) is 6.04 Å². The second kappa shape index (κ2) is 3.33. The summed E-state index contributed by atoms with van der Waals surface area (Å²) < 4.78 is 5.41. The van der Waals surface area contributed by atoms with E-state index in [1.165, 1.54) is 12.8 Å². The summed E-state index contributed by atoms with van der Waals surface area (Å²) in [6.45, 7) is 3.86. The van der Waals surface area contributed by atoms with Crippen molar-refractivity contribution >= 4 is 6.01 Å². The predicted molar refractivity (Wildman–Crippen MR) is 48.3 cm³/mol. The molecule has 1 aliphatic rings. The fraction of sp³-hybridized carbons (Fsp3) is 0.750. The zero-order valence-corrected chi connectivity index (χ0v) is 7.73. The van der Waals surface area contributed by atoms with Crippen molar-refractivity contribution in [3.05, 3.63) is 5.89 Å². The van der Waals surface area contributed by atoms with Crippen molar-refractivity contribution in [2.45, 2.75) is 25.8 Å². The highest BCUT2D eigenvalue weighted by molar-refractivity contribution is 5.25. The van der Waals surface area contributed by atoms with Gasteiger partial charge in [0, 0.05) is 13.1 Å². The van der Waals surface area contributed by atoms with E-state index in [1.54, 1.807) is 0 Å². The van der Waals surface area contributed by atoms with Gasteiger partial charge >= 0.3 is 6.01 Å². The van der Waals surface area contributed by atoms with Crippen LogP contribution in [0.25, 0.3) is 0 Å². The van der Waals surface area contributed by atoms with Gasteiger partial charge in [-0.1, -0.05) is 5.10 Å². The van der Waals surface area contributed by atoms with Crippen molar-refractivity contribution in [3.63, 3.8) is 0 Å². The number of hydrogen-bond acceptors (Lipinski definition) is 5. The molecule has 5 nitrogen and oxygen atoms in total. The minimum atomic E-state index is -0.177. The first-order valence-electron chi connectivity index (χ1n) is 4.61. The largest absolute Gasteiger partial charge is 0.406 e. The maximum atomic E-state index is 5.61. The van der Waals surface area contributed by atoms with Crippen LogP contribution >= 0.6 is 0 Å². The van der Waals surface area contributed by atoms with E-state index in [4.69, 9.17) is 10.2 Å². The Hall–Kier alpha value is -1.10. The maximum Gasteiger partial charge on any atom is 0.318 e. The third-order valence-electron chi connectivity index (χ3n) is 2.20. The third-order valence-corrected chi connectivity index (χ3v) is 2.20. The van der Waals surface area contributed by atoms with Gasteiger partial charge in [0.05, 0.1) is 6.04 Å². The molecule has 1 aromatic rings. The lowest BCUT2D eigenvalue weighted by Crippen LogP contribution is -2.17. The van der Waals surface area contributed by atoms with Gasteiger partial charge in [0.2, 0.25) is 5.89 Å². The van der Waals surface area contributed by atoms with Crippen LogP contribution in [0.15, 0.2) is 4.42 Å². The summed E-state index contributed by atoms with van der Waals surface area (Å²) >= 11 is 0. The van der Waals surface area contributed by atoms with E-state index in [0.29, 0.717) is 11.9 Å². The first kappa shape index (κ1) is 8.50. The van der Waals surface area contributed by atoms with E-state index in [0.717, 1.165) is 13.1 Å². The number of nitrogens with two attached hydrogens (primary N) is 1. The smallest absolute Gasteiger partial charge is 0.318 e. The SMILES string of the molecule is CC(N)c1nnc(N2CCCC2)o1. The molecular weight excluding hydrogens is 168 g/mol. The van der Waals surface area contributed by atoms with Crippen LogP contribution < -0.4 is 10.6 Å². The summed E-state index contributed by atoms with van der Waals surface area (Å²) in [5.41, 5.74) is 5.61. The lowest BCUT2D eigenvalue weighted by atomic mass is 10.4. The molecule has 13 heavy (non-hydrogen) atoms. The molecule has 2 N–H and O–H groups in total. The molecule has 0 radical (unpaired) electrons. The summed E-state index contributed by atoms with van der Waals surface area (Å²) in [5.74, 6) is 0.516. The maximum absolute atomic E-state index is 5.61. The Morgan fingerprint density at radius 3 is 2.62 bits per heavy atom. The molecular formula is C8H14N4O. The average molecular weight is 182 g/mol. The van der Waals surface area contributed by atoms with Gasteiger partial charge < -0.3 is 15.1 Å². The molecule has 72 valence electrons. The standard InChI is InChI=1S/C8H14N4O/c1-6(9)7-10-11-8(13-7)12-4-2-3-5-12/h6H,2-5,9H2,1H3. The van der Waals surface area contributed by atoms with E-state index < -0.39 is 0 Å². The van der Waals surface area contributed by atoms with Gasteiger partial charge in [0.1, 0.15) is 0 Å². The highest BCUT2D eigenvalue weighted by atomic mass is 16.4. The molecule has 1 aromatic heterocycles. The molecule has 1 atom stereocenters. The van der Waals surface area contributed by atoms with Crippen LogP contribution in [-0.4, -0.2) is 23.3 Å². The highest BCUT2D eigenvalue weighted by Crippen LogP contribution is 2.19. The zero-order valence-electron chi connectivity index (χ0n) is 7.73. The van der Waals surface area contributed by atoms with Gasteiger partial charge in [0.15, 0.2) is 0 Å². The lowest BCUT2D eigenvalue weighted by molar-refractivity contribution is 0.461. The number of aromatic nitrogens is 2. The Morgan fingerprint density at radius 2 is 2.08 bits per heavy atom. The van der Waals surface area contributed by atoms with Gasteiger partial charge in [-0.25, -0.2) is 0 Å². The lowest BCUT2D eigenvalue weighted by Gasteiger charge is -2.09. The molecule has 0 saturated carbocycles. The topological polar surface area (TPSA) is 68.2 Å². The zero-order chi connectivity index (χ0) is 9.26. The molecule has 0 amide bonds. The third kappa shape index (κ3) is 1.65. The minimum Gasteiger partial charge on any atom is -0.406 e. The Bertz CT molecular complexity index is 277. The molecule has 0 aliphatic carbocycles. The molecule has 0 aromatic carbocycles. The van der Waals surface area contributed by atoms with Crippen molar-refractivity contribution in [1.29, 1.82) is 0 Å². The number of nitrogens with zero attached hydrogens (tertiary/aromatic N) is 3. The van der Waals surface area contributed by atoms with E-state index in [9.17, 15) is 0 Å². The van der Waals surface area contributed by atoms with Crippen molar-refractivity contribution in [2.75, 3.05) is 18.0 Å². The van der Waals surface area contributed by atoms with E-state index >= 15 is 0 Å². The molecule has 0 bridgehead atoms. The van der Waals surface area contributed by atoms with Crippen LogP contribution in [0.3, 0.4) is 0 Å². The summed E-state index contributed by atoms with van der Waals surface area (Å²) in [6, 6.07) is 0.439.